The summed E-state index contributed by atoms with van der Waals surface area (Å²) in [5.41, 5.74) is 1.34. The van der Waals surface area contributed by atoms with Gasteiger partial charge in [0.1, 0.15) is 5.75 Å². The first-order chi connectivity index (χ1) is 7.22. The van der Waals surface area contributed by atoms with Crippen LogP contribution in [-0.4, -0.2) is 5.11 Å². The monoisotopic (exact) mass is 200 g/mol. The summed E-state index contributed by atoms with van der Waals surface area (Å²) in [6, 6.07) is 11.9. The lowest BCUT2D eigenvalue weighted by Crippen LogP contribution is -1.90. The van der Waals surface area contributed by atoms with Crippen molar-refractivity contribution in [2.75, 3.05) is 0 Å². The molecule has 78 valence electrons. The van der Waals surface area contributed by atoms with Crippen LogP contribution >= 0.6 is 0 Å². The molecule has 0 saturated carbocycles. The third-order valence-corrected chi connectivity index (χ3v) is 3.06. The van der Waals surface area contributed by atoms with E-state index in [2.05, 4.69) is 26.0 Å². The summed E-state index contributed by atoms with van der Waals surface area (Å²) in [5.74, 6) is 0.944. The number of phenols is 1. The average molecular weight is 200 g/mol. The van der Waals surface area contributed by atoms with Crippen LogP contribution in [0.25, 0.3) is 10.8 Å². The van der Waals surface area contributed by atoms with E-state index in [0.29, 0.717) is 11.7 Å². The van der Waals surface area contributed by atoms with Crippen LogP contribution in [0.2, 0.25) is 0 Å². The molecule has 0 aromatic heterocycles. The zero-order valence-corrected chi connectivity index (χ0v) is 9.20. The highest BCUT2D eigenvalue weighted by atomic mass is 16.3. The van der Waals surface area contributed by atoms with Gasteiger partial charge in [-0.15, -0.1) is 0 Å². The van der Waals surface area contributed by atoms with Crippen molar-refractivity contribution in [3.8, 4) is 5.75 Å². The molecule has 0 fully saturated rings. The Morgan fingerprint density at radius 3 is 2.73 bits per heavy atom. The van der Waals surface area contributed by atoms with Crippen LogP contribution in [0.1, 0.15) is 31.7 Å². The topological polar surface area (TPSA) is 20.2 Å². The second-order valence-corrected chi connectivity index (χ2v) is 4.07. The highest BCUT2D eigenvalue weighted by Gasteiger charge is 2.05. The molecule has 1 unspecified atom stereocenters. The second kappa shape index (κ2) is 3.93. The van der Waals surface area contributed by atoms with E-state index in [1.54, 1.807) is 6.07 Å². The Bertz CT molecular complexity index is 474. The van der Waals surface area contributed by atoms with E-state index < -0.39 is 0 Å². The third kappa shape index (κ3) is 1.82. The number of phenolic OH excluding ortho intramolecular Hbond substituents is 1. The Kier molecular flexibility index (Phi) is 2.63. The largest absolute Gasteiger partial charge is 0.507 e. The van der Waals surface area contributed by atoms with E-state index in [9.17, 15) is 5.11 Å². The Labute approximate surface area is 90.4 Å². The van der Waals surface area contributed by atoms with Crippen LogP contribution in [0, 0.1) is 0 Å². The standard InChI is InChI=1S/C14H16O/c1-3-10(2)11-7-8-13-12(9-11)5-4-6-14(13)15/h4-10,15H,3H2,1-2H3. The van der Waals surface area contributed by atoms with Gasteiger partial charge in [0.25, 0.3) is 0 Å². The van der Waals surface area contributed by atoms with Crippen LogP contribution in [-0.2, 0) is 0 Å². The van der Waals surface area contributed by atoms with Crippen LogP contribution in [0.5, 0.6) is 5.75 Å². The van der Waals surface area contributed by atoms with E-state index >= 15 is 0 Å². The maximum atomic E-state index is 9.66. The number of benzene rings is 2. The first-order valence-corrected chi connectivity index (χ1v) is 5.44. The van der Waals surface area contributed by atoms with Gasteiger partial charge in [-0.05, 0) is 29.4 Å². The second-order valence-electron chi connectivity index (χ2n) is 4.07. The van der Waals surface area contributed by atoms with Gasteiger partial charge in [0.15, 0.2) is 0 Å². The first kappa shape index (κ1) is 10.0. The van der Waals surface area contributed by atoms with Crippen LogP contribution in [0.4, 0.5) is 0 Å². The van der Waals surface area contributed by atoms with E-state index in [-0.39, 0.29) is 0 Å². The minimum absolute atomic E-state index is 0.364. The molecule has 1 nitrogen and oxygen atoms in total. The zero-order valence-electron chi connectivity index (χ0n) is 9.20. The molecular formula is C14H16O. The molecule has 0 amide bonds. The zero-order chi connectivity index (χ0) is 10.8. The minimum atomic E-state index is 0.364. The van der Waals surface area contributed by atoms with Crippen molar-refractivity contribution in [2.45, 2.75) is 26.2 Å². The summed E-state index contributed by atoms with van der Waals surface area (Å²) >= 11 is 0. The van der Waals surface area contributed by atoms with Gasteiger partial charge in [0.05, 0.1) is 0 Å². The highest BCUT2D eigenvalue weighted by molar-refractivity contribution is 5.88. The molecule has 0 bridgehead atoms. The van der Waals surface area contributed by atoms with Crippen molar-refractivity contribution in [2.24, 2.45) is 0 Å². The predicted octanol–water partition coefficient (Wildman–Crippen LogP) is 4.06. The predicted molar refractivity (Wildman–Crippen MR) is 64.3 cm³/mol. The van der Waals surface area contributed by atoms with Gasteiger partial charge >= 0.3 is 0 Å². The molecule has 1 heteroatoms. The molecule has 0 heterocycles. The van der Waals surface area contributed by atoms with Crippen molar-refractivity contribution in [3.63, 3.8) is 0 Å². The number of hydrogen-bond acceptors (Lipinski definition) is 1. The fourth-order valence-electron chi connectivity index (χ4n) is 1.83. The molecule has 2 rings (SSSR count). The van der Waals surface area contributed by atoms with Gasteiger partial charge in [-0.1, -0.05) is 44.2 Å². The molecule has 0 saturated heterocycles. The summed E-state index contributed by atoms with van der Waals surface area (Å²) in [6.45, 7) is 4.42. The maximum absolute atomic E-state index is 9.66. The fourth-order valence-corrected chi connectivity index (χ4v) is 1.83. The smallest absolute Gasteiger partial charge is 0.123 e. The average Bonchev–Trinajstić information content (AvgIpc) is 2.28. The molecular weight excluding hydrogens is 184 g/mol. The van der Waals surface area contributed by atoms with Gasteiger partial charge < -0.3 is 5.11 Å². The first-order valence-electron chi connectivity index (χ1n) is 5.44. The van der Waals surface area contributed by atoms with E-state index in [0.717, 1.165) is 17.2 Å². The molecule has 0 spiro atoms. The van der Waals surface area contributed by atoms with Gasteiger partial charge in [-0.2, -0.15) is 0 Å². The summed E-state index contributed by atoms with van der Waals surface area (Å²) in [6.07, 6.45) is 1.14. The van der Waals surface area contributed by atoms with Crippen molar-refractivity contribution in [1.82, 2.24) is 0 Å². The van der Waals surface area contributed by atoms with Crippen molar-refractivity contribution in [3.05, 3.63) is 42.0 Å². The summed E-state index contributed by atoms with van der Waals surface area (Å²) in [7, 11) is 0. The van der Waals surface area contributed by atoms with E-state index in [4.69, 9.17) is 0 Å². The number of fused-ring (bicyclic) bond motifs is 1. The summed E-state index contributed by atoms with van der Waals surface area (Å²) < 4.78 is 0. The van der Waals surface area contributed by atoms with E-state index in [1.165, 1.54) is 5.56 Å². The SMILES string of the molecule is CCC(C)c1ccc2c(O)cccc2c1. The number of aromatic hydroxyl groups is 1. The summed E-state index contributed by atoms with van der Waals surface area (Å²) in [5, 5.41) is 11.7. The lowest BCUT2D eigenvalue weighted by molar-refractivity contribution is 0.481. The van der Waals surface area contributed by atoms with Crippen LogP contribution < -0.4 is 0 Å². The molecule has 0 radical (unpaired) electrons. The van der Waals surface area contributed by atoms with Gasteiger partial charge in [0, 0.05) is 5.39 Å². The van der Waals surface area contributed by atoms with Crippen LogP contribution in [0.15, 0.2) is 36.4 Å². The molecule has 15 heavy (non-hydrogen) atoms. The molecule has 1 atom stereocenters. The molecule has 0 aliphatic rings. The van der Waals surface area contributed by atoms with Crippen molar-refractivity contribution >= 4 is 10.8 Å². The number of hydrogen-bond donors (Lipinski definition) is 1. The minimum Gasteiger partial charge on any atom is -0.507 e. The number of rotatable bonds is 2. The van der Waals surface area contributed by atoms with E-state index in [1.807, 2.05) is 18.2 Å². The fraction of sp³-hybridized carbons (Fsp3) is 0.286. The summed E-state index contributed by atoms with van der Waals surface area (Å²) in [4.78, 5) is 0. The third-order valence-electron chi connectivity index (χ3n) is 3.06. The Balaban J connectivity index is 2.57. The molecule has 2 aromatic carbocycles. The van der Waals surface area contributed by atoms with Crippen molar-refractivity contribution in [1.29, 1.82) is 0 Å². The Morgan fingerprint density at radius 2 is 2.00 bits per heavy atom. The molecule has 1 N–H and O–H groups in total. The van der Waals surface area contributed by atoms with Gasteiger partial charge in [-0.3, -0.25) is 0 Å². The lowest BCUT2D eigenvalue weighted by Gasteiger charge is -2.10. The molecule has 0 aliphatic carbocycles. The normalized spacial score (nSPS) is 12.9. The lowest BCUT2D eigenvalue weighted by atomic mass is 9.96. The van der Waals surface area contributed by atoms with Crippen LogP contribution in [0.3, 0.4) is 0 Å². The maximum Gasteiger partial charge on any atom is 0.123 e. The molecule has 2 aromatic rings. The van der Waals surface area contributed by atoms with Gasteiger partial charge in [0.2, 0.25) is 0 Å². The van der Waals surface area contributed by atoms with Gasteiger partial charge in [-0.25, -0.2) is 0 Å². The Hall–Kier alpha value is -1.50. The highest BCUT2D eigenvalue weighted by Crippen LogP contribution is 2.28. The van der Waals surface area contributed by atoms with Crippen molar-refractivity contribution < 1.29 is 5.11 Å². The Morgan fingerprint density at radius 1 is 1.20 bits per heavy atom. The quantitative estimate of drug-likeness (QED) is 0.775. The molecule has 0 aliphatic heterocycles.